The minimum absolute atomic E-state index is 0.330. The summed E-state index contributed by atoms with van der Waals surface area (Å²) in [7, 11) is 3.39. The average molecular weight is 547 g/mol. The monoisotopic (exact) mass is 546 g/mol. The van der Waals surface area contributed by atoms with Gasteiger partial charge in [0, 0.05) is 31.2 Å². The van der Waals surface area contributed by atoms with Gasteiger partial charge in [-0.3, -0.25) is 4.99 Å². The molecule has 1 aliphatic carbocycles. The predicted molar refractivity (Wildman–Crippen MR) is 157 cm³/mol. The molecule has 39 heavy (non-hydrogen) atoms. The normalized spacial score (nSPS) is 22.6. The quantitative estimate of drug-likeness (QED) is 0.476. The number of nitrogens with one attached hydrogen (secondary N) is 1. The van der Waals surface area contributed by atoms with Crippen LogP contribution >= 0.6 is 11.8 Å². The van der Waals surface area contributed by atoms with Gasteiger partial charge >= 0.3 is 0 Å². The maximum absolute atomic E-state index is 10.8. The molecule has 0 saturated heterocycles. The first-order valence-corrected chi connectivity index (χ1v) is 13.9. The summed E-state index contributed by atoms with van der Waals surface area (Å²) in [6.45, 7) is 3.00. The van der Waals surface area contributed by atoms with E-state index in [0.29, 0.717) is 44.5 Å². The molecule has 2 aliphatic heterocycles. The predicted octanol–water partition coefficient (Wildman–Crippen LogP) is 4.53. The van der Waals surface area contributed by atoms with E-state index in [0.717, 1.165) is 29.1 Å². The number of methoxy groups -OCH3 is 1. The van der Waals surface area contributed by atoms with Crippen LogP contribution < -0.4 is 5.32 Å². The molecule has 0 spiro atoms. The third-order valence-corrected chi connectivity index (χ3v) is 7.73. The van der Waals surface area contributed by atoms with Crippen LogP contribution in [0.5, 0.6) is 0 Å². The van der Waals surface area contributed by atoms with Crippen molar-refractivity contribution < 1.29 is 14.6 Å². The summed E-state index contributed by atoms with van der Waals surface area (Å²) in [6.07, 6.45) is 11.7. The molecule has 0 radical (unpaired) electrons. The lowest BCUT2D eigenvalue weighted by molar-refractivity contribution is -0.0262. The number of rotatable bonds is 9. The maximum atomic E-state index is 10.8. The zero-order valence-corrected chi connectivity index (χ0v) is 23.3. The van der Waals surface area contributed by atoms with Gasteiger partial charge in [0.15, 0.2) is 5.90 Å². The molecule has 2 unspecified atom stereocenters. The molecule has 0 saturated carbocycles. The molecule has 1 aromatic heterocycles. The molecular weight excluding hydrogens is 512 g/mol. The second-order valence-corrected chi connectivity index (χ2v) is 10.7. The number of hydrogen-bond donors (Lipinski definition) is 2. The molecule has 2 atom stereocenters. The van der Waals surface area contributed by atoms with Crippen LogP contribution in [0.25, 0.3) is 4.91 Å². The van der Waals surface area contributed by atoms with E-state index >= 15 is 0 Å². The highest BCUT2D eigenvalue weighted by molar-refractivity contribution is 8.11. The summed E-state index contributed by atoms with van der Waals surface area (Å²) in [5.74, 6) is 1.99. The van der Waals surface area contributed by atoms with Gasteiger partial charge in [0.25, 0.3) is 0 Å². The maximum Gasteiger partial charge on any atom is 0.242 e. The van der Waals surface area contributed by atoms with Gasteiger partial charge in [0.1, 0.15) is 30.8 Å². The molecule has 5 rings (SSSR count). The Morgan fingerprint density at radius 1 is 1.26 bits per heavy atom. The van der Waals surface area contributed by atoms with Crippen molar-refractivity contribution in [1.82, 2.24) is 14.8 Å². The van der Waals surface area contributed by atoms with Gasteiger partial charge in [-0.05, 0) is 41.5 Å². The van der Waals surface area contributed by atoms with E-state index in [4.69, 9.17) is 9.47 Å². The second-order valence-electron chi connectivity index (χ2n) is 9.73. The van der Waals surface area contributed by atoms with Crippen molar-refractivity contribution >= 4 is 34.2 Å². The van der Waals surface area contributed by atoms with E-state index < -0.39 is 5.60 Å². The van der Waals surface area contributed by atoms with Gasteiger partial charge in [-0.2, -0.15) is 4.98 Å². The fourth-order valence-corrected chi connectivity index (χ4v) is 5.63. The van der Waals surface area contributed by atoms with E-state index in [1.54, 1.807) is 32.8 Å². The van der Waals surface area contributed by atoms with E-state index in [1.807, 2.05) is 29.0 Å². The highest BCUT2D eigenvalue weighted by atomic mass is 32.2. The fourth-order valence-electron chi connectivity index (χ4n) is 4.76. The third-order valence-electron chi connectivity index (χ3n) is 6.76. The summed E-state index contributed by atoms with van der Waals surface area (Å²) < 4.78 is 13.4. The van der Waals surface area contributed by atoms with Crippen molar-refractivity contribution in [3.8, 4) is 0 Å². The first kappa shape index (κ1) is 27.1. The number of thioether (sulfide) groups is 1. The van der Waals surface area contributed by atoms with E-state index in [-0.39, 0.29) is 6.10 Å². The number of aliphatic imine (C=N–C) groups is 2. The Hall–Kier alpha value is -3.47. The zero-order valence-electron chi connectivity index (χ0n) is 22.5. The molecule has 3 aliphatic rings. The first-order chi connectivity index (χ1) is 18.9. The number of benzene rings is 1. The molecular formula is C29H34N6O3S. The number of anilines is 1. The largest absolute Gasteiger partial charge is 0.476 e. The Labute approximate surface area is 233 Å². The molecule has 2 N–H and O–H groups in total. The van der Waals surface area contributed by atoms with Gasteiger partial charge in [-0.15, -0.1) is 5.10 Å². The highest BCUT2D eigenvalue weighted by Gasteiger charge is 2.31. The van der Waals surface area contributed by atoms with E-state index in [9.17, 15) is 5.11 Å². The summed E-state index contributed by atoms with van der Waals surface area (Å²) in [5, 5.41) is 20.5. The number of allylic oxidation sites excluding steroid dienone is 4. The standard InChI is InChI=1S/C29H34N6O3S/c1-29(36)16-20(11-12-25(29)37-3)14-26-33-28(30-2)34-35(26)17-22-15-27(32-19-31-22)38-18-21-8-4-5-9-23(21)24-10-6-7-13-39-24/h4-5,7-13,16,25,36H,6,14-15,17-19H2,1-3H3,(H,30,34). The van der Waals surface area contributed by atoms with Gasteiger partial charge in [0.05, 0.1) is 13.0 Å². The van der Waals surface area contributed by atoms with Crippen LogP contribution in [0.2, 0.25) is 0 Å². The van der Waals surface area contributed by atoms with Crippen molar-refractivity contribution in [3.05, 3.63) is 82.6 Å². The zero-order chi connectivity index (χ0) is 27.2. The van der Waals surface area contributed by atoms with Crippen LogP contribution in [0.4, 0.5) is 5.95 Å². The van der Waals surface area contributed by atoms with Crippen molar-refractivity contribution in [3.63, 3.8) is 0 Å². The molecule has 0 bridgehead atoms. The smallest absolute Gasteiger partial charge is 0.242 e. The molecule has 0 fully saturated rings. The number of hydrogen-bond acceptors (Lipinski definition) is 9. The van der Waals surface area contributed by atoms with Gasteiger partial charge in [0.2, 0.25) is 5.95 Å². The van der Waals surface area contributed by atoms with Crippen LogP contribution in [-0.4, -0.2) is 64.0 Å². The summed E-state index contributed by atoms with van der Waals surface area (Å²) in [6, 6.07) is 8.35. The number of aliphatic hydroxyl groups is 1. The number of ether oxygens (including phenoxy) is 2. The van der Waals surface area contributed by atoms with Crippen molar-refractivity contribution in [2.45, 2.75) is 51.0 Å². The van der Waals surface area contributed by atoms with Crippen LogP contribution in [-0.2, 0) is 29.0 Å². The van der Waals surface area contributed by atoms with Crippen LogP contribution in [0.1, 0.15) is 36.7 Å². The Kier molecular flexibility index (Phi) is 8.44. The van der Waals surface area contributed by atoms with Gasteiger partial charge < -0.3 is 19.9 Å². The van der Waals surface area contributed by atoms with Crippen LogP contribution in [0, 0.1) is 0 Å². The van der Waals surface area contributed by atoms with Gasteiger partial charge in [-0.1, -0.05) is 60.3 Å². The number of aromatic nitrogens is 3. The molecule has 3 heterocycles. The second kappa shape index (κ2) is 12.1. The average Bonchev–Trinajstić information content (AvgIpc) is 3.33. The Morgan fingerprint density at radius 3 is 2.90 bits per heavy atom. The van der Waals surface area contributed by atoms with Crippen molar-refractivity contribution in [2.75, 3.05) is 26.1 Å². The van der Waals surface area contributed by atoms with Crippen LogP contribution in [0.3, 0.4) is 0 Å². The van der Waals surface area contributed by atoms with Crippen LogP contribution in [0.15, 0.2) is 75.6 Å². The Bertz CT molecular complexity index is 1390. The molecule has 1 aromatic carbocycles. The molecule has 0 amide bonds. The first-order valence-electron chi connectivity index (χ1n) is 13.0. The lowest BCUT2D eigenvalue weighted by Crippen LogP contribution is -2.39. The molecule has 204 valence electrons. The van der Waals surface area contributed by atoms with E-state index in [2.05, 4.69) is 61.1 Å². The Balaban J connectivity index is 1.24. The molecule has 9 nitrogen and oxygen atoms in total. The minimum atomic E-state index is -1.09. The fraction of sp³-hybridized carbons (Fsp3) is 0.379. The highest BCUT2D eigenvalue weighted by Crippen LogP contribution is 2.34. The third kappa shape index (κ3) is 6.58. The van der Waals surface area contributed by atoms with E-state index in [1.165, 1.54) is 10.5 Å². The topological polar surface area (TPSA) is 106 Å². The van der Waals surface area contributed by atoms with Crippen molar-refractivity contribution in [1.29, 1.82) is 0 Å². The van der Waals surface area contributed by atoms with Gasteiger partial charge in [-0.25, -0.2) is 9.67 Å². The SMILES string of the molecule is CNc1nc(CC2=CC(C)(O)C(OC)C=C2)n(CC2=NCN=C(OCc3ccccc3C3=CCC=CS3)C2)n1. The lowest BCUT2D eigenvalue weighted by atomic mass is 9.89. The summed E-state index contributed by atoms with van der Waals surface area (Å²) in [5.41, 5.74) is 3.12. The van der Waals surface area contributed by atoms with Crippen molar-refractivity contribution in [2.24, 2.45) is 9.98 Å². The number of nitrogens with zero attached hydrogens (tertiary/aromatic N) is 5. The molecule has 10 heteroatoms. The lowest BCUT2D eigenvalue weighted by Gasteiger charge is -2.30. The minimum Gasteiger partial charge on any atom is -0.476 e. The molecule has 2 aromatic rings. The Morgan fingerprint density at radius 2 is 2.13 bits per heavy atom. The summed E-state index contributed by atoms with van der Waals surface area (Å²) in [4.78, 5) is 15.0. The summed E-state index contributed by atoms with van der Waals surface area (Å²) >= 11 is 1.74.